The second-order valence-corrected chi connectivity index (χ2v) is 10.1. The first-order valence-electron chi connectivity index (χ1n) is 9.70. The fourth-order valence-electron chi connectivity index (χ4n) is 2.78. The zero-order chi connectivity index (χ0) is 23.3. The van der Waals surface area contributed by atoms with Crippen LogP contribution in [-0.4, -0.2) is 25.5 Å². The standard InChI is InChI=1S/C23H23N3O4S2/c1-15-6-8-17(9-7-15)23(28)26-19-4-3-5-20(14-19)31-16(2)22(27)25-18-10-12-21(13-11-18)32(24,29)30/h3-14,16H,1-2H3,(H,25,27)(H,26,28)(H2,24,29,30). The Bertz CT molecular complexity index is 1220. The molecule has 0 aliphatic carbocycles. The second kappa shape index (κ2) is 9.99. The average Bonchev–Trinajstić information content (AvgIpc) is 2.74. The summed E-state index contributed by atoms with van der Waals surface area (Å²) in [5, 5.41) is 10.3. The molecule has 0 fully saturated rings. The molecule has 0 aliphatic heterocycles. The summed E-state index contributed by atoms with van der Waals surface area (Å²) < 4.78 is 22.7. The number of anilines is 2. The van der Waals surface area contributed by atoms with Crippen molar-refractivity contribution in [2.45, 2.75) is 28.9 Å². The number of benzene rings is 3. The van der Waals surface area contributed by atoms with Crippen molar-refractivity contribution in [2.75, 3.05) is 10.6 Å². The Morgan fingerprint density at radius 3 is 2.19 bits per heavy atom. The van der Waals surface area contributed by atoms with Crippen LogP contribution < -0.4 is 15.8 Å². The van der Waals surface area contributed by atoms with E-state index in [0.717, 1.165) is 10.5 Å². The van der Waals surface area contributed by atoms with Crippen LogP contribution in [0.2, 0.25) is 0 Å². The van der Waals surface area contributed by atoms with E-state index in [2.05, 4.69) is 10.6 Å². The number of carbonyl (C=O) groups excluding carboxylic acids is 2. The lowest BCUT2D eigenvalue weighted by molar-refractivity contribution is -0.115. The number of thioether (sulfide) groups is 1. The van der Waals surface area contributed by atoms with Gasteiger partial charge in [-0.3, -0.25) is 9.59 Å². The van der Waals surface area contributed by atoms with E-state index in [9.17, 15) is 18.0 Å². The quantitative estimate of drug-likeness (QED) is 0.452. The van der Waals surface area contributed by atoms with Crippen LogP contribution >= 0.6 is 11.8 Å². The van der Waals surface area contributed by atoms with Gasteiger partial charge in [-0.1, -0.05) is 23.8 Å². The van der Waals surface area contributed by atoms with Crippen molar-refractivity contribution >= 4 is 45.0 Å². The molecule has 1 unspecified atom stereocenters. The number of carbonyl (C=O) groups is 2. The highest BCUT2D eigenvalue weighted by Crippen LogP contribution is 2.27. The van der Waals surface area contributed by atoms with E-state index >= 15 is 0 Å². The van der Waals surface area contributed by atoms with Crippen molar-refractivity contribution in [2.24, 2.45) is 5.14 Å². The van der Waals surface area contributed by atoms with Crippen LogP contribution in [0, 0.1) is 6.92 Å². The third kappa shape index (κ3) is 6.43. The molecule has 0 spiro atoms. The van der Waals surface area contributed by atoms with Gasteiger partial charge < -0.3 is 10.6 Å². The smallest absolute Gasteiger partial charge is 0.255 e. The maximum Gasteiger partial charge on any atom is 0.255 e. The van der Waals surface area contributed by atoms with Crippen molar-refractivity contribution in [3.63, 3.8) is 0 Å². The number of amides is 2. The molecular weight excluding hydrogens is 446 g/mol. The lowest BCUT2D eigenvalue weighted by Crippen LogP contribution is -2.22. The van der Waals surface area contributed by atoms with Gasteiger partial charge in [0, 0.05) is 21.8 Å². The van der Waals surface area contributed by atoms with Crippen LogP contribution in [0.1, 0.15) is 22.8 Å². The zero-order valence-corrected chi connectivity index (χ0v) is 19.2. The molecular formula is C23H23N3O4S2. The Hall–Kier alpha value is -3.14. The number of rotatable bonds is 7. The SMILES string of the molecule is Cc1ccc(C(=O)Nc2cccc(SC(C)C(=O)Nc3ccc(S(N)(=O)=O)cc3)c2)cc1. The zero-order valence-electron chi connectivity index (χ0n) is 17.5. The minimum atomic E-state index is -3.78. The molecule has 3 aromatic carbocycles. The van der Waals surface area contributed by atoms with Crippen molar-refractivity contribution in [1.82, 2.24) is 0 Å². The van der Waals surface area contributed by atoms with Crippen LogP contribution in [0.25, 0.3) is 0 Å². The maximum absolute atomic E-state index is 12.5. The summed E-state index contributed by atoms with van der Waals surface area (Å²) in [7, 11) is -3.78. The van der Waals surface area contributed by atoms with Gasteiger partial charge in [0.25, 0.3) is 5.91 Å². The lowest BCUT2D eigenvalue weighted by Gasteiger charge is -2.13. The second-order valence-electron chi connectivity index (χ2n) is 7.17. The van der Waals surface area contributed by atoms with Crippen LogP contribution in [0.15, 0.2) is 82.6 Å². The molecule has 7 nitrogen and oxygen atoms in total. The monoisotopic (exact) mass is 469 g/mol. The van der Waals surface area contributed by atoms with E-state index in [1.165, 1.54) is 36.0 Å². The topological polar surface area (TPSA) is 118 Å². The van der Waals surface area contributed by atoms with E-state index in [-0.39, 0.29) is 16.7 Å². The normalized spacial score (nSPS) is 12.1. The van der Waals surface area contributed by atoms with Gasteiger partial charge in [-0.2, -0.15) is 0 Å². The number of hydrogen-bond donors (Lipinski definition) is 3. The van der Waals surface area contributed by atoms with Crippen molar-refractivity contribution in [3.05, 3.63) is 83.9 Å². The fraction of sp³-hybridized carbons (Fsp3) is 0.130. The van der Waals surface area contributed by atoms with Crippen LogP contribution in [0.5, 0.6) is 0 Å². The van der Waals surface area contributed by atoms with Crippen LogP contribution in [-0.2, 0) is 14.8 Å². The van der Waals surface area contributed by atoms with Gasteiger partial charge in [0.15, 0.2) is 0 Å². The lowest BCUT2D eigenvalue weighted by atomic mass is 10.1. The summed E-state index contributed by atoms with van der Waals surface area (Å²) in [6, 6.07) is 20.2. The van der Waals surface area contributed by atoms with E-state index < -0.39 is 15.3 Å². The average molecular weight is 470 g/mol. The molecule has 32 heavy (non-hydrogen) atoms. The third-order valence-corrected chi connectivity index (χ3v) is 6.56. The minimum absolute atomic E-state index is 0.0255. The molecule has 0 radical (unpaired) electrons. The molecule has 2 amide bonds. The molecule has 0 bridgehead atoms. The van der Waals surface area contributed by atoms with Gasteiger partial charge in [0.2, 0.25) is 15.9 Å². The number of nitrogens with two attached hydrogens (primary N) is 1. The van der Waals surface area contributed by atoms with Crippen molar-refractivity contribution in [3.8, 4) is 0 Å². The molecule has 1 atom stereocenters. The predicted octanol–water partition coefficient (Wildman–Crippen LogP) is 4.01. The predicted molar refractivity (Wildman–Crippen MR) is 127 cm³/mol. The molecule has 3 rings (SSSR count). The minimum Gasteiger partial charge on any atom is -0.325 e. The summed E-state index contributed by atoms with van der Waals surface area (Å²) in [6.45, 7) is 3.72. The highest BCUT2D eigenvalue weighted by Gasteiger charge is 2.16. The molecule has 0 saturated heterocycles. The Morgan fingerprint density at radius 1 is 0.906 bits per heavy atom. The molecule has 0 saturated carbocycles. The first-order valence-corrected chi connectivity index (χ1v) is 12.1. The van der Waals surface area contributed by atoms with Crippen LogP contribution in [0.3, 0.4) is 0 Å². The summed E-state index contributed by atoms with van der Waals surface area (Å²) >= 11 is 1.34. The Morgan fingerprint density at radius 2 is 1.56 bits per heavy atom. The molecule has 4 N–H and O–H groups in total. The largest absolute Gasteiger partial charge is 0.325 e. The number of primary sulfonamides is 1. The summed E-state index contributed by atoms with van der Waals surface area (Å²) in [5.74, 6) is -0.451. The van der Waals surface area contributed by atoms with E-state index in [0.29, 0.717) is 16.9 Å². The molecule has 0 aliphatic rings. The Balaban J connectivity index is 1.61. The molecule has 9 heteroatoms. The number of nitrogens with one attached hydrogen (secondary N) is 2. The molecule has 166 valence electrons. The van der Waals surface area contributed by atoms with Gasteiger partial charge in [-0.05, 0) is 68.4 Å². The Labute approximate surface area is 191 Å². The highest BCUT2D eigenvalue weighted by molar-refractivity contribution is 8.00. The fourth-order valence-corrected chi connectivity index (χ4v) is 4.23. The Kier molecular flexibility index (Phi) is 7.34. The number of sulfonamides is 1. The summed E-state index contributed by atoms with van der Waals surface area (Å²) in [5.41, 5.74) is 2.74. The summed E-state index contributed by atoms with van der Waals surface area (Å²) in [4.78, 5) is 25.8. The maximum atomic E-state index is 12.5. The van der Waals surface area contributed by atoms with Crippen LogP contribution in [0.4, 0.5) is 11.4 Å². The van der Waals surface area contributed by atoms with Gasteiger partial charge >= 0.3 is 0 Å². The van der Waals surface area contributed by atoms with E-state index in [1.54, 1.807) is 31.2 Å². The molecule has 3 aromatic rings. The molecule has 0 heterocycles. The van der Waals surface area contributed by atoms with Gasteiger partial charge in [0.05, 0.1) is 10.1 Å². The van der Waals surface area contributed by atoms with E-state index in [1.807, 2.05) is 31.2 Å². The van der Waals surface area contributed by atoms with Crippen molar-refractivity contribution in [1.29, 1.82) is 0 Å². The van der Waals surface area contributed by atoms with E-state index in [4.69, 9.17) is 5.14 Å². The van der Waals surface area contributed by atoms with Gasteiger partial charge in [0.1, 0.15) is 0 Å². The number of aryl methyl sites for hydroxylation is 1. The third-order valence-electron chi connectivity index (χ3n) is 4.54. The number of hydrogen-bond acceptors (Lipinski definition) is 5. The first kappa shape index (κ1) is 23.5. The molecule has 0 aromatic heterocycles. The summed E-state index contributed by atoms with van der Waals surface area (Å²) in [6.07, 6.45) is 0. The van der Waals surface area contributed by atoms with Gasteiger partial charge in [-0.25, -0.2) is 13.6 Å². The van der Waals surface area contributed by atoms with Crippen molar-refractivity contribution < 1.29 is 18.0 Å². The first-order chi connectivity index (χ1) is 15.1. The van der Waals surface area contributed by atoms with Gasteiger partial charge in [-0.15, -0.1) is 11.8 Å². The highest BCUT2D eigenvalue weighted by atomic mass is 32.2.